The number of carbonyl (C=O) groups is 1. The number of amides is 1. The molecule has 25 heavy (non-hydrogen) atoms. The van der Waals surface area contributed by atoms with E-state index in [9.17, 15) is 4.79 Å². The summed E-state index contributed by atoms with van der Waals surface area (Å²) in [6.45, 7) is 5.22. The Kier molecular flexibility index (Phi) is 5.61. The Morgan fingerprint density at radius 1 is 1.04 bits per heavy atom. The first-order valence-electron chi connectivity index (χ1n) is 8.52. The number of carbonyl (C=O) groups excluding carboxylic acids is 1. The molecule has 0 spiro atoms. The number of para-hydroxylation sites is 1. The highest BCUT2D eigenvalue weighted by atomic mass is 35.5. The molecule has 1 aliphatic heterocycles. The van der Waals surface area contributed by atoms with Gasteiger partial charge in [-0.05, 0) is 30.7 Å². The van der Waals surface area contributed by atoms with Gasteiger partial charge in [-0.15, -0.1) is 0 Å². The highest BCUT2D eigenvalue weighted by molar-refractivity contribution is 6.31. The molecule has 1 amide bonds. The number of hydrogen-bond acceptors (Lipinski definition) is 3. The Balaban J connectivity index is 1.66. The zero-order valence-corrected chi connectivity index (χ0v) is 15.4. The monoisotopic (exact) mass is 358 g/mol. The largest absolute Gasteiger partial charge is 0.496 e. The maximum atomic E-state index is 12.8. The number of nitrogens with zero attached hydrogens (tertiary/aromatic N) is 2. The van der Waals surface area contributed by atoms with E-state index in [1.807, 2.05) is 47.4 Å². The van der Waals surface area contributed by atoms with Gasteiger partial charge in [-0.3, -0.25) is 9.69 Å². The quantitative estimate of drug-likeness (QED) is 0.831. The first-order valence-corrected chi connectivity index (χ1v) is 8.90. The minimum atomic E-state index is 0.0301. The van der Waals surface area contributed by atoms with Crippen LogP contribution in [0.25, 0.3) is 0 Å². The molecule has 2 aromatic carbocycles. The highest BCUT2D eigenvalue weighted by Gasteiger charge is 2.27. The summed E-state index contributed by atoms with van der Waals surface area (Å²) in [5, 5.41) is 0.794. The summed E-state index contributed by atoms with van der Waals surface area (Å²) in [5.74, 6) is 0.655. The third-order valence-electron chi connectivity index (χ3n) is 4.84. The fourth-order valence-electron chi connectivity index (χ4n) is 3.31. The fraction of sp³-hybridized carbons (Fsp3) is 0.350. The van der Waals surface area contributed by atoms with Gasteiger partial charge >= 0.3 is 0 Å². The van der Waals surface area contributed by atoms with Gasteiger partial charge in [0.2, 0.25) is 0 Å². The van der Waals surface area contributed by atoms with Gasteiger partial charge in [-0.2, -0.15) is 0 Å². The number of ether oxygens (including phenoxy) is 1. The maximum Gasteiger partial charge on any atom is 0.257 e. The molecule has 132 valence electrons. The molecule has 0 aromatic heterocycles. The van der Waals surface area contributed by atoms with Crippen LogP contribution in [0.2, 0.25) is 5.02 Å². The summed E-state index contributed by atoms with van der Waals surface area (Å²) in [6.07, 6.45) is 0. The third-order valence-corrected chi connectivity index (χ3v) is 5.19. The van der Waals surface area contributed by atoms with Gasteiger partial charge in [0.1, 0.15) is 5.75 Å². The van der Waals surface area contributed by atoms with Crippen molar-refractivity contribution in [3.63, 3.8) is 0 Å². The van der Waals surface area contributed by atoms with Crippen molar-refractivity contribution in [1.29, 1.82) is 0 Å². The van der Waals surface area contributed by atoms with Crippen LogP contribution in [-0.2, 0) is 0 Å². The standard InChI is InChI=1S/C20H23ClN2O2/c1-15(16-7-3-5-9-18(16)21)22-11-13-23(14-12-22)20(24)17-8-4-6-10-19(17)25-2/h3-10,15H,11-14H2,1-2H3. The van der Waals surface area contributed by atoms with E-state index in [1.165, 1.54) is 0 Å². The van der Waals surface area contributed by atoms with E-state index in [4.69, 9.17) is 16.3 Å². The molecule has 1 atom stereocenters. The Labute approximate surface area is 154 Å². The van der Waals surface area contributed by atoms with Crippen molar-refractivity contribution >= 4 is 17.5 Å². The summed E-state index contributed by atoms with van der Waals surface area (Å²) < 4.78 is 5.32. The number of rotatable bonds is 4. The molecule has 4 nitrogen and oxygen atoms in total. The van der Waals surface area contributed by atoms with Gasteiger partial charge in [0.25, 0.3) is 5.91 Å². The molecule has 5 heteroatoms. The first kappa shape index (κ1) is 17.8. The van der Waals surface area contributed by atoms with Crippen LogP contribution in [0.15, 0.2) is 48.5 Å². The second-order valence-electron chi connectivity index (χ2n) is 6.23. The molecule has 2 aromatic rings. The van der Waals surface area contributed by atoms with E-state index < -0.39 is 0 Å². The lowest BCUT2D eigenvalue weighted by atomic mass is 10.1. The van der Waals surface area contributed by atoms with Gasteiger partial charge < -0.3 is 9.64 Å². The van der Waals surface area contributed by atoms with Gasteiger partial charge in [-0.25, -0.2) is 0 Å². The zero-order valence-electron chi connectivity index (χ0n) is 14.6. The van der Waals surface area contributed by atoms with E-state index in [0.29, 0.717) is 24.4 Å². The smallest absolute Gasteiger partial charge is 0.257 e. The summed E-state index contributed by atoms with van der Waals surface area (Å²) >= 11 is 6.33. The molecular formula is C20H23ClN2O2. The van der Waals surface area contributed by atoms with Crippen LogP contribution in [0.3, 0.4) is 0 Å². The van der Waals surface area contributed by atoms with E-state index in [0.717, 1.165) is 23.7 Å². The normalized spacial score (nSPS) is 16.5. The summed E-state index contributed by atoms with van der Waals surface area (Å²) in [6, 6.07) is 15.6. The van der Waals surface area contributed by atoms with Gasteiger partial charge in [-0.1, -0.05) is 41.9 Å². The second kappa shape index (κ2) is 7.89. The Morgan fingerprint density at radius 2 is 1.68 bits per heavy atom. The molecule has 1 saturated heterocycles. The topological polar surface area (TPSA) is 32.8 Å². The number of piperazine rings is 1. The van der Waals surface area contributed by atoms with Crippen molar-refractivity contribution < 1.29 is 9.53 Å². The van der Waals surface area contributed by atoms with Crippen molar-refractivity contribution in [2.45, 2.75) is 13.0 Å². The molecule has 0 saturated carbocycles. The molecule has 0 N–H and O–H groups in total. The fourth-order valence-corrected chi connectivity index (χ4v) is 3.61. The summed E-state index contributed by atoms with van der Waals surface area (Å²) in [7, 11) is 1.59. The Hall–Kier alpha value is -2.04. The van der Waals surface area contributed by atoms with Crippen LogP contribution in [-0.4, -0.2) is 49.0 Å². The van der Waals surface area contributed by atoms with E-state index in [-0.39, 0.29) is 11.9 Å². The average molecular weight is 359 g/mol. The predicted molar refractivity (Wildman–Crippen MR) is 100 cm³/mol. The van der Waals surface area contributed by atoms with Crippen LogP contribution in [0.5, 0.6) is 5.75 Å². The van der Waals surface area contributed by atoms with Crippen molar-refractivity contribution in [3.8, 4) is 5.75 Å². The average Bonchev–Trinajstić information content (AvgIpc) is 2.67. The highest BCUT2D eigenvalue weighted by Crippen LogP contribution is 2.28. The number of methoxy groups -OCH3 is 1. The third kappa shape index (κ3) is 3.80. The predicted octanol–water partition coefficient (Wildman–Crippen LogP) is 3.87. The molecular weight excluding hydrogens is 336 g/mol. The zero-order chi connectivity index (χ0) is 17.8. The van der Waals surface area contributed by atoms with Crippen molar-refractivity contribution in [2.24, 2.45) is 0 Å². The van der Waals surface area contributed by atoms with Crippen LogP contribution in [0, 0.1) is 0 Å². The summed E-state index contributed by atoms with van der Waals surface area (Å²) in [5.41, 5.74) is 1.76. The number of hydrogen-bond donors (Lipinski definition) is 0. The van der Waals surface area contributed by atoms with Gasteiger partial charge in [0, 0.05) is 37.2 Å². The van der Waals surface area contributed by atoms with Gasteiger partial charge in [0.05, 0.1) is 12.7 Å². The van der Waals surface area contributed by atoms with Crippen LogP contribution >= 0.6 is 11.6 Å². The van der Waals surface area contributed by atoms with E-state index in [1.54, 1.807) is 7.11 Å². The lowest BCUT2D eigenvalue weighted by Crippen LogP contribution is -2.49. The molecule has 1 unspecified atom stereocenters. The van der Waals surface area contributed by atoms with Crippen molar-refractivity contribution in [3.05, 3.63) is 64.7 Å². The second-order valence-corrected chi connectivity index (χ2v) is 6.63. The van der Waals surface area contributed by atoms with Gasteiger partial charge in [0.15, 0.2) is 0 Å². The Bertz CT molecular complexity index is 742. The molecule has 0 bridgehead atoms. The number of halogens is 1. The lowest BCUT2D eigenvalue weighted by Gasteiger charge is -2.38. The van der Waals surface area contributed by atoms with E-state index >= 15 is 0 Å². The van der Waals surface area contributed by atoms with Crippen molar-refractivity contribution in [2.75, 3.05) is 33.3 Å². The van der Waals surface area contributed by atoms with Crippen LogP contribution < -0.4 is 4.74 Å². The Morgan fingerprint density at radius 3 is 2.36 bits per heavy atom. The SMILES string of the molecule is COc1ccccc1C(=O)N1CCN(C(C)c2ccccc2Cl)CC1. The minimum absolute atomic E-state index is 0.0301. The summed E-state index contributed by atoms with van der Waals surface area (Å²) in [4.78, 5) is 17.1. The number of benzene rings is 2. The lowest BCUT2D eigenvalue weighted by molar-refractivity contribution is 0.0579. The van der Waals surface area contributed by atoms with Crippen LogP contribution in [0.4, 0.5) is 0 Å². The molecule has 1 aliphatic rings. The molecule has 3 rings (SSSR count). The van der Waals surface area contributed by atoms with E-state index in [2.05, 4.69) is 17.9 Å². The first-order chi connectivity index (χ1) is 12.1. The minimum Gasteiger partial charge on any atom is -0.496 e. The maximum absolute atomic E-state index is 12.8. The molecule has 0 aliphatic carbocycles. The van der Waals surface area contributed by atoms with Crippen LogP contribution in [0.1, 0.15) is 28.9 Å². The molecule has 1 heterocycles. The molecule has 0 radical (unpaired) electrons. The molecule has 1 fully saturated rings. The van der Waals surface area contributed by atoms with Crippen molar-refractivity contribution in [1.82, 2.24) is 9.80 Å².